The maximum absolute atomic E-state index is 12.9. The van der Waals surface area contributed by atoms with E-state index in [1.54, 1.807) is 37.5 Å². The molecule has 7 nitrogen and oxygen atoms in total. The van der Waals surface area contributed by atoms with E-state index in [2.05, 4.69) is 33.4 Å². The second kappa shape index (κ2) is 8.71. The van der Waals surface area contributed by atoms with Crippen molar-refractivity contribution in [2.45, 2.75) is 18.0 Å². The van der Waals surface area contributed by atoms with E-state index >= 15 is 0 Å². The van der Waals surface area contributed by atoms with Crippen molar-refractivity contribution < 1.29 is 9.53 Å². The zero-order chi connectivity index (χ0) is 20.1. The van der Waals surface area contributed by atoms with Crippen molar-refractivity contribution in [3.05, 3.63) is 82.6 Å². The van der Waals surface area contributed by atoms with Gasteiger partial charge in [0.1, 0.15) is 12.4 Å². The average Bonchev–Trinajstić information content (AvgIpc) is 2.70. The Bertz CT molecular complexity index is 998. The molecule has 2 aromatic heterocycles. The third-order valence-corrected chi connectivity index (χ3v) is 5.02. The average molecular weight is 396 g/mol. The maximum Gasteiger partial charge on any atom is 0.337 e. The predicted molar refractivity (Wildman–Crippen MR) is 109 cm³/mol. The summed E-state index contributed by atoms with van der Waals surface area (Å²) in [5.74, 6) is -0.0910. The Kier molecular flexibility index (Phi) is 6.10. The molecule has 0 saturated heterocycles. The molecule has 2 N–H and O–H groups in total. The summed E-state index contributed by atoms with van der Waals surface area (Å²) in [6, 6.07) is 3.54. The van der Waals surface area contributed by atoms with Crippen LogP contribution in [-0.2, 0) is 9.53 Å². The second-order valence-electron chi connectivity index (χ2n) is 6.00. The summed E-state index contributed by atoms with van der Waals surface area (Å²) in [5, 5.41) is 3.57. The number of thioether (sulfide) groups is 1. The van der Waals surface area contributed by atoms with Gasteiger partial charge >= 0.3 is 5.97 Å². The van der Waals surface area contributed by atoms with Gasteiger partial charge in [0, 0.05) is 23.8 Å². The third-order valence-electron chi connectivity index (χ3n) is 4.15. The molecule has 2 aromatic rings. The van der Waals surface area contributed by atoms with Gasteiger partial charge in [0.2, 0.25) is 0 Å². The number of aromatic nitrogens is 3. The minimum Gasteiger partial charge on any atom is -0.458 e. The minimum atomic E-state index is -0.619. The first kappa shape index (κ1) is 19.6. The highest BCUT2D eigenvalue weighted by atomic mass is 32.2. The Hall–Kier alpha value is -3.13. The quantitative estimate of drug-likeness (QED) is 0.321. The molecule has 1 aliphatic heterocycles. The molecule has 0 bridgehead atoms. The Balaban J connectivity index is 2.15. The number of nitrogens with one attached hydrogen (secondary N) is 2. The van der Waals surface area contributed by atoms with E-state index < -0.39 is 11.9 Å². The van der Waals surface area contributed by atoms with Crippen molar-refractivity contribution in [2.24, 2.45) is 0 Å². The molecule has 0 radical (unpaired) electrons. The van der Waals surface area contributed by atoms with Crippen molar-refractivity contribution in [2.75, 3.05) is 17.7 Å². The lowest BCUT2D eigenvalue weighted by Crippen LogP contribution is -2.31. The number of nitrogens with zero attached hydrogens (tertiary/aromatic N) is 2. The number of aromatic amines is 1. The largest absolute Gasteiger partial charge is 0.458 e. The fourth-order valence-corrected chi connectivity index (χ4v) is 3.61. The lowest BCUT2D eigenvalue weighted by Gasteiger charge is -2.28. The molecule has 0 saturated carbocycles. The number of carbonyl (C=O) groups is 1. The molecule has 3 rings (SSSR count). The third kappa shape index (κ3) is 3.91. The molecule has 0 amide bonds. The molecule has 1 aliphatic rings. The molecule has 0 unspecified atom stereocenters. The number of allylic oxidation sites excluding steroid dienone is 1. The van der Waals surface area contributed by atoms with E-state index in [1.807, 2.05) is 0 Å². The number of carbonyl (C=O) groups excluding carboxylic acids is 1. The first-order valence-electron chi connectivity index (χ1n) is 8.60. The smallest absolute Gasteiger partial charge is 0.337 e. The Morgan fingerprint density at radius 2 is 2.07 bits per heavy atom. The summed E-state index contributed by atoms with van der Waals surface area (Å²) < 4.78 is 5.27. The molecule has 8 heteroatoms. The fourth-order valence-electron chi connectivity index (χ4n) is 3.01. The van der Waals surface area contributed by atoms with Crippen molar-refractivity contribution >= 4 is 23.5 Å². The van der Waals surface area contributed by atoms with Gasteiger partial charge in [-0.3, -0.25) is 9.78 Å². The Labute approximate surface area is 166 Å². The summed E-state index contributed by atoms with van der Waals surface area (Å²) in [4.78, 5) is 37.0. The lowest BCUT2D eigenvalue weighted by atomic mass is 9.83. The summed E-state index contributed by atoms with van der Waals surface area (Å²) in [6.45, 7) is 9.09. The van der Waals surface area contributed by atoms with Crippen LogP contribution in [0.2, 0.25) is 0 Å². The van der Waals surface area contributed by atoms with Gasteiger partial charge in [-0.2, -0.15) is 0 Å². The lowest BCUT2D eigenvalue weighted by molar-refractivity contribution is -0.138. The number of hydrogen-bond donors (Lipinski definition) is 2. The van der Waals surface area contributed by atoms with Gasteiger partial charge in [-0.15, -0.1) is 6.58 Å². The second-order valence-corrected chi connectivity index (χ2v) is 7.01. The van der Waals surface area contributed by atoms with Crippen LogP contribution in [0.4, 0.5) is 5.82 Å². The molecule has 0 fully saturated rings. The van der Waals surface area contributed by atoms with Crippen molar-refractivity contribution in [3.63, 3.8) is 0 Å². The number of H-pyrrole nitrogens is 1. The van der Waals surface area contributed by atoms with Crippen molar-refractivity contribution in [3.8, 4) is 0 Å². The van der Waals surface area contributed by atoms with Crippen LogP contribution < -0.4 is 10.9 Å². The zero-order valence-electron chi connectivity index (χ0n) is 15.4. The van der Waals surface area contributed by atoms with Crippen LogP contribution in [0.25, 0.3) is 0 Å². The number of pyridine rings is 1. The van der Waals surface area contributed by atoms with E-state index in [9.17, 15) is 9.59 Å². The van der Waals surface area contributed by atoms with Gasteiger partial charge in [-0.1, -0.05) is 30.5 Å². The molecule has 0 spiro atoms. The van der Waals surface area contributed by atoms with E-state index in [1.165, 1.54) is 17.8 Å². The fraction of sp³-hybridized carbons (Fsp3) is 0.200. The molecular weight excluding hydrogens is 376 g/mol. The topological polar surface area (TPSA) is 97.0 Å². The van der Waals surface area contributed by atoms with Crippen LogP contribution in [0.5, 0.6) is 0 Å². The van der Waals surface area contributed by atoms with Crippen molar-refractivity contribution in [1.29, 1.82) is 0 Å². The number of ether oxygens (including phenoxy) is 1. The first-order chi connectivity index (χ1) is 13.6. The van der Waals surface area contributed by atoms with Crippen LogP contribution in [0, 0.1) is 0 Å². The Morgan fingerprint density at radius 3 is 2.75 bits per heavy atom. The van der Waals surface area contributed by atoms with Gasteiger partial charge in [0.15, 0.2) is 5.16 Å². The summed E-state index contributed by atoms with van der Waals surface area (Å²) >= 11 is 1.37. The van der Waals surface area contributed by atoms with E-state index in [0.717, 1.165) is 5.56 Å². The van der Waals surface area contributed by atoms with Crippen LogP contribution in [0.1, 0.15) is 24.0 Å². The van der Waals surface area contributed by atoms with Gasteiger partial charge in [-0.05, 0) is 24.6 Å². The van der Waals surface area contributed by atoms with Gasteiger partial charge < -0.3 is 15.0 Å². The molecule has 144 valence electrons. The molecule has 3 heterocycles. The summed E-state index contributed by atoms with van der Waals surface area (Å²) in [6.07, 6.45) is 6.47. The highest BCUT2D eigenvalue weighted by molar-refractivity contribution is 7.99. The first-order valence-corrected chi connectivity index (χ1v) is 9.59. The number of rotatable bonds is 7. The van der Waals surface area contributed by atoms with Gasteiger partial charge in [0.25, 0.3) is 5.56 Å². The summed E-state index contributed by atoms with van der Waals surface area (Å²) in [7, 11) is 0. The SMILES string of the molecule is C=CCOC(=O)C1=C(C)Nc2nc(SCC=C)[nH]c(=O)c2[C@H]1c1ccncc1. The van der Waals surface area contributed by atoms with Crippen LogP contribution in [-0.4, -0.2) is 33.3 Å². The number of fused-ring (bicyclic) bond motifs is 1. The van der Waals surface area contributed by atoms with Crippen LogP contribution in [0.15, 0.2) is 71.1 Å². The highest BCUT2D eigenvalue weighted by Gasteiger charge is 2.36. The molecule has 0 aromatic carbocycles. The highest BCUT2D eigenvalue weighted by Crippen LogP contribution is 2.39. The molecular formula is C20H20N4O3S. The minimum absolute atomic E-state index is 0.0806. The van der Waals surface area contributed by atoms with Crippen LogP contribution in [0.3, 0.4) is 0 Å². The molecule has 1 atom stereocenters. The number of anilines is 1. The van der Waals surface area contributed by atoms with E-state index in [0.29, 0.717) is 33.6 Å². The van der Waals surface area contributed by atoms with Gasteiger partial charge in [-0.25, -0.2) is 9.78 Å². The number of hydrogen-bond acceptors (Lipinski definition) is 7. The van der Waals surface area contributed by atoms with E-state index in [-0.39, 0.29) is 12.2 Å². The van der Waals surface area contributed by atoms with Crippen molar-refractivity contribution in [1.82, 2.24) is 15.0 Å². The predicted octanol–water partition coefficient (Wildman–Crippen LogP) is 3.00. The monoisotopic (exact) mass is 396 g/mol. The molecule has 0 aliphatic carbocycles. The Morgan fingerprint density at radius 1 is 1.32 bits per heavy atom. The van der Waals surface area contributed by atoms with Gasteiger partial charge in [0.05, 0.1) is 17.1 Å². The van der Waals surface area contributed by atoms with Crippen LogP contribution >= 0.6 is 11.8 Å². The summed E-state index contributed by atoms with van der Waals surface area (Å²) in [5.41, 5.74) is 1.75. The van der Waals surface area contributed by atoms with E-state index in [4.69, 9.17) is 4.74 Å². The maximum atomic E-state index is 12.9. The number of esters is 1. The zero-order valence-corrected chi connectivity index (χ0v) is 16.2. The normalized spacial score (nSPS) is 15.4. The standard InChI is InChI=1S/C20H20N4O3S/c1-4-10-27-19(26)14-12(3)22-17-16(15(14)13-6-8-21-9-7-13)18(25)24-20(23-17)28-11-5-2/h4-9,15H,1-2,10-11H2,3H3,(H2,22,23,24,25)/t15-/m0/s1. The molecule has 28 heavy (non-hydrogen) atoms.